The van der Waals surface area contributed by atoms with Gasteiger partial charge in [-0.1, -0.05) is 36.4 Å². The number of benzene rings is 2. The molecule has 0 saturated carbocycles. The van der Waals surface area contributed by atoms with E-state index in [1.54, 1.807) is 17.0 Å². The van der Waals surface area contributed by atoms with E-state index in [2.05, 4.69) is 22.5 Å². The van der Waals surface area contributed by atoms with Crippen molar-refractivity contribution in [1.29, 1.82) is 0 Å². The molecule has 30 heavy (non-hydrogen) atoms. The Hall–Kier alpha value is -3.41. The summed E-state index contributed by atoms with van der Waals surface area (Å²) in [5.74, 6) is -0.0391. The topological polar surface area (TPSA) is 67.2 Å². The lowest BCUT2D eigenvalue weighted by Gasteiger charge is -2.16. The third kappa shape index (κ3) is 4.13. The molecule has 1 saturated heterocycles. The summed E-state index contributed by atoms with van der Waals surface area (Å²) >= 11 is 0. The molecule has 0 unspecified atom stereocenters. The predicted octanol–water partition coefficient (Wildman–Crippen LogP) is 3.61. The van der Waals surface area contributed by atoms with Crippen LogP contribution >= 0.6 is 0 Å². The van der Waals surface area contributed by atoms with Crippen LogP contribution in [0.1, 0.15) is 45.7 Å². The van der Waals surface area contributed by atoms with Crippen molar-refractivity contribution in [2.45, 2.75) is 39.8 Å². The summed E-state index contributed by atoms with van der Waals surface area (Å²) < 4.78 is 1.98. The highest BCUT2D eigenvalue weighted by Crippen LogP contribution is 2.22. The van der Waals surface area contributed by atoms with Gasteiger partial charge in [0.1, 0.15) is 0 Å². The second kappa shape index (κ2) is 8.53. The minimum absolute atomic E-state index is 0.115. The molecule has 0 atom stereocenters. The average Bonchev–Trinajstić information content (AvgIpc) is 3.30. The van der Waals surface area contributed by atoms with Gasteiger partial charge in [0.15, 0.2) is 0 Å². The van der Waals surface area contributed by atoms with Crippen molar-refractivity contribution < 1.29 is 9.59 Å². The molecule has 1 aliphatic heterocycles. The van der Waals surface area contributed by atoms with Crippen LogP contribution in [-0.4, -0.2) is 28.1 Å². The van der Waals surface area contributed by atoms with Crippen LogP contribution < -0.4 is 10.2 Å². The Morgan fingerprint density at radius 2 is 1.90 bits per heavy atom. The molecule has 0 radical (unpaired) electrons. The molecule has 2 amide bonds. The van der Waals surface area contributed by atoms with Crippen LogP contribution in [0.2, 0.25) is 0 Å². The second-order valence-electron chi connectivity index (χ2n) is 7.67. The van der Waals surface area contributed by atoms with Gasteiger partial charge in [0.05, 0.1) is 12.2 Å². The molecule has 154 valence electrons. The first kappa shape index (κ1) is 19.9. The molecule has 0 spiro atoms. The fourth-order valence-electron chi connectivity index (χ4n) is 3.91. The number of anilines is 1. The molecule has 0 bridgehead atoms. The number of carbonyl (C=O) groups is 2. The first-order chi connectivity index (χ1) is 14.5. The van der Waals surface area contributed by atoms with Crippen LogP contribution in [0.3, 0.4) is 0 Å². The molecular weight excluding hydrogens is 376 g/mol. The van der Waals surface area contributed by atoms with Crippen molar-refractivity contribution in [3.63, 3.8) is 0 Å². The Kier molecular flexibility index (Phi) is 5.65. The molecule has 2 heterocycles. The van der Waals surface area contributed by atoms with Crippen LogP contribution in [0.5, 0.6) is 0 Å². The molecule has 6 nitrogen and oxygen atoms in total. The quantitative estimate of drug-likeness (QED) is 0.685. The molecule has 4 rings (SSSR count). The zero-order chi connectivity index (χ0) is 21.1. The van der Waals surface area contributed by atoms with Crippen LogP contribution in [-0.2, 0) is 17.9 Å². The van der Waals surface area contributed by atoms with Crippen molar-refractivity contribution >= 4 is 17.5 Å². The lowest BCUT2D eigenvalue weighted by molar-refractivity contribution is -0.117. The summed E-state index contributed by atoms with van der Waals surface area (Å²) in [6, 6.07) is 17.5. The third-order valence-electron chi connectivity index (χ3n) is 5.63. The number of aryl methyl sites for hydroxylation is 1. The van der Waals surface area contributed by atoms with Gasteiger partial charge >= 0.3 is 0 Å². The maximum absolute atomic E-state index is 12.7. The number of rotatable bonds is 6. The summed E-state index contributed by atoms with van der Waals surface area (Å²) in [7, 11) is 0. The first-order valence-electron chi connectivity index (χ1n) is 10.3. The Morgan fingerprint density at radius 1 is 1.10 bits per heavy atom. The van der Waals surface area contributed by atoms with Crippen molar-refractivity contribution in [3.8, 4) is 0 Å². The van der Waals surface area contributed by atoms with Gasteiger partial charge < -0.3 is 10.2 Å². The second-order valence-corrected chi connectivity index (χ2v) is 7.67. The molecule has 3 aromatic rings. The maximum atomic E-state index is 12.7. The molecule has 1 N–H and O–H groups in total. The summed E-state index contributed by atoms with van der Waals surface area (Å²) in [6.07, 6.45) is 1.43. The lowest BCUT2D eigenvalue weighted by atomic mass is 10.1. The number of hydrogen-bond acceptors (Lipinski definition) is 3. The van der Waals surface area contributed by atoms with Gasteiger partial charge in [-0.3, -0.25) is 14.3 Å². The Balaban J connectivity index is 1.45. The van der Waals surface area contributed by atoms with E-state index in [0.29, 0.717) is 31.6 Å². The van der Waals surface area contributed by atoms with Gasteiger partial charge in [-0.05, 0) is 44.0 Å². The van der Waals surface area contributed by atoms with Gasteiger partial charge in [0.25, 0.3) is 5.91 Å². The molecular formula is C24H26N4O2. The smallest absolute Gasteiger partial charge is 0.251 e. The highest BCUT2D eigenvalue weighted by atomic mass is 16.2. The van der Waals surface area contributed by atoms with Crippen molar-refractivity contribution in [2.75, 3.05) is 11.4 Å². The number of carbonyl (C=O) groups excluding carboxylic acids is 2. The van der Waals surface area contributed by atoms with E-state index < -0.39 is 0 Å². The highest BCUT2D eigenvalue weighted by molar-refractivity contribution is 5.99. The van der Waals surface area contributed by atoms with E-state index in [4.69, 9.17) is 0 Å². The summed E-state index contributed by atoms with van der Waals surface area (Å²) in [5.41, 5.74) is 5.53. The van der Waals surface area contributed by atoms with Crippen LogP contribution in [0, 0.1) is 13.8 Å². The van der Waals surface area contributed by atoms with E-state index >= 15 is 0 Å². The largest absolute Gasteiger partial charge is 0.348 e. The van der Waals surface area contributed by atoms with E-state index in [0.717, 1.165) is 29.1 Å². The maximum Gasteiger partial charge on any atom is 0.251 e. The standard InChI is InChI=1S/C24H26N4O2/c1-17-22(18(2)28(26-17)16-19-8-4-3-5-9-19)15-25-24(30)20-10-6-11-21(14-20)27-13-7-12-23(27)29/h3-6,8-11,14H,7,12-13,15-16H2,1-2H3,(H,25,30). The molecule has 6 heteroatoms. The Bertz CT molecular complexity index is 1070. The summed E-state index contributed by atoms with van der Waals surface area (Å²) in [6.45, 7) is 5.83. The van der Waals surface area contributed by atoms with Gasteiger partial charge in [0.2, 0.25) is 5.91 Å². The zero-order valence-electron chi connectivity index (χ0n) is 17.4. The minimum Gasteiger partial charge on any atom is -0.348 e. The normalized spacial score (nSPS) is 13.7. The van der Waals surface area contributed by atoms with Crippen LogP contribution in [0.25, 0.3) is 0 Å². The number of nitrogens with one attached hydrogen (secondary N) is 1. The molecule has 0 aliphatic carbocycles. The monoisotopic (exact) mass is 402 g/mol. The molecule has 1 aromatic heterocycles. The number of nitrogens with zero attached hydrogens (tertiary/aromatic N) is 3. The molecule has 2 aromatic carbocycles. The number of amides is 2. The van der Waals surface area contributed by atoms with Gasteiger partial charge in [0, 0.05) is 42.0 Å². The van der Waals surface area contributed by atoms with E-state index in [1.165, 1.54) is 5.56 Å². The first-order valence-corrected chi connectivity index (χ1v) is 10.3. The van der Waals surface area contributed by atoms with Crippen LogP contribution in [0.15, 0.2) is 54.6 Å². The van der Waals surface area contributed by atoms with E-state index in [9.17, 15) is 9.59 Å². The Labute approximate surface area is 176 Å². The lowest BCUT2D eigenvalue weighted by Crippen LogP contribution is -2.26. The van der Waals surface area contributed by atoms with E-state index in [1.807, 2.05) is 48.9 Å². The average molecular weight is 402 g/mol. The SMILES string of the molecule is Cc1nn(Cc2ccccc2)c(C)c1CNC(=O)c1cccc(N2CCCC2=O)c1. The fraction of sp³-hybridized carbons (Fsp3) is 0.292. The zero-order valence-corrected chi connectivity index (χ0v) is 17.4. The number of aromatic nitrogens is 2. The van der Waals surface area contributed by atoms with Gasteiger partial charge in [-0.2, -0.15) is 5.10 Å². The fourth-order valence-corrected chi connectivity index (χ4v) is 3.91. The summed E-state index contributed by atoms with van der Waals surface area (Å²) in [4.78, 5) is 26.5. The van der Waals surface area contributed by atoms with E-state index in [-0.39, 0.29) is 11.8 Å². The van der Waals surface area contributed by atoms with Crippen molar-refractivity contribution in [2.24, 2.45) is 0 Å². The Morgan fingerprint density at radius 3 is 2.63 bits per heavy atom. The van der Waals surface area contributed by atoms with Crippen molar-refractivity contribution in [1.82, 2.24) is 15.1 Å². The predicted molar refractivity (Wildman–Crippen MR) is 116 cm³/mol. The third-order valence-corrected chi connectivity index (χ3v) is 5.63. The van der Waals surface area contributed by atoms with Crippen molar-refractivity contribution in [3.05, 3.63) is 82.7 Å². The minimum atomic E-state index is -0.155. The van der Waals surface area contributed by atoms with Gasteiger partial charge in [-0.15, -0.1) is 0 Å². The van der Waals surface area contributed by atoms with Gasteiger partial charge in [-0.25, -0.2) is 0 Å². The summed E-state index contributed by atoms with van der Waals surface area (Å²) in [5, 5.41) is 7.66. The van der Waals surface area contributed by atoms with Crippen LogP contribution in [0.4, 0.5) is 5.69 Å². The molecule has 1 fully saturated rings. The molecule has 1 aliphatic rings. The highest BCUT2D eigenvalue weighted by Gasteiger charge is 2.22. The number of hydrogen-bond donors (Lipinski definition) is 1.